The van der Waals surface area contributed by atoms with Crippen LogP contribution in [0.1, 0.15) is 55.6 Å². The molecular weight excluding hydrogens is 568 g/mol. The molecule has 0 N–H and O–H groups in total. The summed E-state index contributed by atoms with van der Waals surface area (Å²) in [6, 6.07) is 18.3. The molecule has 0 amide bonds. The zero-order valence-electron chi connectivity index (χ0n) is 21.2. The van der Waals surface area contributed by atoms with Crippen LogP contribution in [0.2, 0.25) is 5.02 Å². The average Bonchev–Trinajstić information content (AvgIpc) is 2.92. The van der Waals surface area contributed by atoms with Crippen molar-refractivity contribution < 1.29 is 9.47 Å². The highest BCUT2D eigenvalue weighted by molar-refractivity contribution is 9.10. The summed E-state index contributed by atoms with van der Waals surface area (Å²) in [5, 5.41) is 14.7. The van der Waals surface area contributed by atoms with Gasteiger partial charge in [-0.1, -0.05) is 59.6 Å². The van der Waals surface area contributed by atoms with Crippen molar-refractivity contribution in [3.63, 3.8) is 0 Å². The predicted molar refractivity (Wildman–Crippen MR) is 154 cm³/mol. The van der Waals surface area contributed by atoms with Gasteiger partial charge in [0, 0.05) is 16.0 Å². The van der Waals surface area contributed by atoms with Gasteiger partial charge in [-0.3, -0.25) is 4.79 Å². The molecule has 0 unspecified atom stereocenters. The first-order chi connectivity index (χ1) is 18.4. The summed E-state index contributed by atoms with van der Waals surface area (Å²) in [7, 11) is 0. The van der Waals surface area contributed by atoms with Crippen LogP contribution < -0.4 is 15.0 Å². The molecule has 194 valence electrons. The van der Waals surface area contributed by atoms with Crippen molar-refractivity contribution in [2.75, 3.05) is 6.61 Å². The highest BCUT2D eigenvalue weighted by Gasteiger charge is 2.17. The molecule has 3 aromatic carbocycles. The first-order valence-corrected chi connectivity index (χ1v) is 13.4. The molecule has 38 heavy (non-hydrogen) atoms. The molecule has 0 aliphatic rings. The summed E-state index contributed by atoms with van der Waals surface area (Å²) in [4.78, 5) is 18.1. The predicted octanol–water partition coefficient (Wildman–Crippen LogP) is 7.06. The average molecular weight is 594 g/mol. The van der Waals surface area contributed by atoms with E-state index in [2.05, 4.69) is 27.1 Å². The number of halogens is 2. The standard InChI is InChI=1S/C29H26BrClN4O3/c1-4-18(3)28-34-25-11-10-22(30)14-23(25)29(36)35(28)33-16-19-12-24(31)27(26(13-19)37-5-2)38-17-21-9-7-6-8-20(21)15-32/h6-14,16,18H,4-5,17H2,1-3H3/t18-/m0/s1. The number of benzene rings is 3. The summed E-state index contributed by atoms with van der Waals surface area (Å²) >= 11 is 10.0. The van der Waals surface area contributed by atoms with E-state index in [0.717, 1.165) is 16.5 Å². The van der Waals surface area contributed by atoms with Crippen LogP contribution in [-0.4, -0.2) is 22.5 Å². The van der Waals surface area contributed by atoms with Gasteiger partial charge in [-0.2, -0.15) is 15.0 Å². The van der Waals surface area contributed by atoms with Gasteiger partial charge in [0.25, 0.3) is 5.56 Å². The van der Waals surface area contributed by atoms with Crippen molar-refractivity contribution in [2.24, 2.45) is 5.10 Å². The minimum Gasteiger partial charge on any atom is -0.490 e. The second-order valence-corrected chi connectivity index (χ2v) is 9.95. The van der Waals surface area contributed by atoms with Crippen LogP contribution in [-0.2, 0) is 6.61 Å². The van der Waals surface area contributed by atoms with Gasteiger partial charge in [-0.05, 0) is 55.3 Å². The van der Waals surface area contributed by atoms with E-state index >= 15 is 0 Å². The number of ether oxygens (including phenoxy) is 2. The number of fused-ring (bicyclic) bond motifs is 1. The fourth-order valence-corrected chi connectivity index (χ4v) is 4.51. The third kappa shape index (κ3) is 5.90. The topological polar surface area (TPSA) is 89.5 Å². The Balaban J connectivity index is 1.72. The van der Waals surface area contributed by atoms with Crippen LogP contribution in [0.4, 0.5) is 0 Å². The molecule has 0 radical (unpaired) electrons. The van der Waals surface area contributed by atoms with E-state index < -0.39 is 0 Å². The van der Waals surface area contributed by atoms with Crippen molar-refractivity contribution in [3.05, 3.63) is 97.0 Å². The molecule has 4 rings (SSSR count). The zero-order chi connectivity index (χ0) is 27.2. The zero-order valence-corrected chi connectivity index (χ0v) is 23.6. The van der Waals surface area contributed by atoms with E-state index in [0.29, 0.717) is 51.0 Å². The first kappa shape index (κ1) is 27.4. The molecule has 1 aromatic heterocycles. The Labute approximate surface area is 234 Å². The van der Waals surface area contributed by atoms with Gasteiger partial charge in [0.1, 0.15) is 12.4 Å². The summed E-state index contributed by atoms with van der Waals surface area (Å²) in [5.41, 5.74) is 2.27. The minimum absolute atomic E-state index is 0.0162. The van der Waals surface area contributed by atoms with Crippen LogP contribution in [0, 0.1) is 11.3 Å². The lowest BCUT2D eigenvalue weighted by Crippen LogP contribution is -2.23. The molecule has 1 atom stereocenters. The SMILES string of the molecule is CCOc1cc(C=Nn2c([C@@H](C)CC)nc3ccc(Br)cc3c2=O)cc(Cl)c1OCc1ccccc1C#N. The molecule has 0 fully saturated rings. The van der Waals surface area contributed by atoms with Gasteiger partial charge in [-0.25, -0.2) is 4.98 Å². The molecule has 0 saturated carbocycles. The highest BCUT2D eigenvalue weighted by atomic mass is 79.9. The van der Waals surface area contributed by atoms with E-state index in [9.17, 15) is 10.1 Å². The highest BCUT2D eigenvalue weighted by Crippen LogP contribution is 2.37. The van der Waals surface area contributed by atoms with E-state index in [1.807, 2.05) is 45.0 Å². The second kappa shape index (κ2) is 12.2. The van der Waals surface area contributed by atoms with Crippen molar-refractivity contribution >= 4 is 44.6 Å². The maximum absolute atomic E-state index is 13.4. The van der Waals surface area contributed by atoms with E-state index in [1.165, 1.54) is 4.68 Å². The van der Waals surface area contributed by atoms with E-state index in [-0.39, 0.29) is 18.1 Å². The monoisotopic (exact) mass is 592 g/mol. The smallest absolute Gasteiger partial charge is 0.282 e. The molecule has 0 bridgehead atoms. The fourth-order valence-electron chi connectivity index (χ4n) is 3.87. The van der Waals surface area contributed by atoms with Gasteiger partial charge in [0.05, 0.1) is 40.4 Å². The molecular formula is C29H26BrClN4O3. The minimum atomic E-state index is -0.255. The lowest BCUT2D eigenvalue weighted by Gasteiger charge is -2.15. The lowest BCUT2D eigenvalue weighted by molar-refractivity contribution is 0.269. The lowest BCUT2D eigenvalue weighted by atomic mass is 10.1. The van der Waals surface area contributed by atoms with E-state index in [4.69, 9.17) is 26.1 Å². The number of rotatable bonds is 9. The third-order valence-corrected chi connectivity index (χ3v) is 6.82. The number of hydrogen-bond acceptors (Lipinski definition) is 6. The van der Waals surface area contributed by atoms with Crippen molar-refractivity contribution in [1.29, 1.82) is 5.26 Å². The normalized spacial score (nSPS) is 12.0. The quantitative estimate of drug-likeness (QED) is 0.194. The van der Waals surface area contributed by atoms with Crippen molar-refractivity contribution in [2.45, 2.75) is 39.7 Å². The number of hydrogen-bond donors (Lipinski definition) is 0. The van der Waals surface area contributed by atoms with Gasteiger partial charge >= 0.3 is 0 Å². The van der Waals surface area contributed by atoms with Gasteiger partial charge in [0.15, 0.2) is 11.5 Å². The van der Waals surface area contributed by atoms with Crippen LogP contribution in [0.5, 0.6) is 11.5 Å². The van der Waals surface area contributed by atoms with Crippen molar-refractivity contribution in [1.82, 2.24) is 9.66 Å². The Morgan fingerprint density at radius 3 is 2.71 bits per heavy atom. The van der Waals surface area contributed by atoms with Crippen LogP contribution >= 0.6 is 27.5 Å². The Hall–Kier alpha value is -3.67. The molecule has 9 heteroatoms. The van der Waals surface area contributed by atoms with Crippen LogP contribution in [0.25, 0.3) is 10.9 Å². The summed E-state index contributed by atoms with van der Waals surface area (Å²) in [6.07, 6.45) is 2.35. The molecule has 0 aliphatic carbocycles. The summed E-state index contributed by atoms with van der Waals surface area (Å²) in [6.45, 7) is 6.46. The molecule has 7 nitrogen and oxygen atoms in total. The Morgan fingerprint density at radius 2 is 1.97 bits per heavy atom. The number of nitrogens with zero attached hydrogens (tertiary/aromatic N) is 4. The van der Waals surface area contributed by atoms with Crippen LogP contribution in [0.15, 0.2) is 69.0 Å². The Bertz CT molecular complexity index is 1610. The maximum Gasteiger partial charge on any atom is 0.282 e. The largest absolute Gasteiger partial charge is 0.490 e. The second-order valence-electron chi connectivity index (χ2n) is 8.62. The maximum atomic E-state index is 13.4. The van der Waals surface area contributed by atoms with Gasteiger partial charge in [0.2, 0.25) is 0 Å². The number of nitriles is 1. The molecule has 0 spiro atoms. The van der Waals surface area contributed by atoms with E-state index in [1.54, 1.807) is 36.5 Å². The number of aromatic nitrogens is 2. The summed E-state index contributed by atoms with van der Waals surface area (Å²) < 4.78 is 13.9. The van der Waals surface area contributed by atoms with Gasteiger partial charge in [-0.15, -0.1) is 0 Å². The Kier molecular flexibility index (Phi) is 8.82. The van der Waals surface area contributed by atoms with Crippen molar-refractivity contribution in [3.8, 4) is 17.6 Å². The first-order valence-electron chi connectivity index (χ1n) is 12.2. The summed E-state index contributed by atoms with van der Waals surface area (Å²) in [5.74, 6) is 1.40. The molecule has 0 saturated heterocycles. The molecule has 1 heterocycles. The Morgan fingerprint density at radius 1 is 1.18 bits per heavy atom. The third-order valence-electron chi connectivity index (χ3n) is 6.05. The molecule has 0 aliphatic heterocycles. The van der Waals surface area contributed by atoms with Crippen LogP contribution in [0.3, 0.4) is 0 Å². The fraction of sp³-hybridized carbons (Fsp3) is 0.241. The van der Waals surface area contributed by atoms with Gasteiger partial charge < -0.3 is 9.47 Å². The molecule has 4 aromatic rings.